The Balaban J connectivity index is 1.65. The van der Waals surface area contributed by atoms with Crippen molar-refractivity contribution in [1.29, 1.82) is 0 Å². The monoisotopic (exact) mass is 401 g/mol. The molecule has 0 radical (unpaired) electrons. The lowest BCUT2D eigenvalue weighted by Crippen LogP contribution is -2.29. The molecule has 2 heterocycles. The highest BCUT2D eigenvalue weighted by molar-refractivity contribution is 9.10. The molecule has 0 aromatic carbocycles. The summed E-state index contributed by atoms with van der Waals surface area (Å²) in [4.78, 5) is 12.2. The summed E-state index contributed by atoms with van der Waals surface area (Å²) in [5.74, 6) is -0.0231. The minimum atomic E-state index is -2.62. The average Bonchev–Trinajstić information content (AvgIpc) is 3.20. The Morgan fingerprint density at radius 2 is 2.21 bits per heavy atom. The Morgan fingerprint density at radius 3 is 2.83 bits per heavy atom. The molecule has 0 aliphatic heterocycles. The third-order valence-corrected chi connectivity index (χ3v) is 4.66. The van der Waals surface area contributed by atoms with E-state index in [0.717, 1.165) is 28.7 Å². The van der Waals surface area contributed by atoms with E-state index in [2.05, 4.69) is 31.4 Å². The molecular formula is C15H18BrF2N5O. The molecule has 0 atom stereocenters. The predicted molar refractivity (Wildman–Crippen MR) is 86.6 cm³/mol. The van der Waals surface area contributed by atoms with Gasteiger partial charge in [-0.15, -0.1) is 0 Å². The minimum Gasteiger partial charge on any atom is -0.349 e. The van der Waals surface area contributed by atoms with E-state index in [-0.39, 0.29) is 24.1 Å². The summed E-state index contributed by atoms with van der Waals surface area (Å²) in [5.41, 5.74) is 1.32. The van der Waals surface area contributed by atoms with Crippen LogP contribution in [0.25, 0.3) is 0 Å². The van der Waals surface area contributed by atoms with Crippen LogP contribution < -0.4 is 5.32 Å². The molecule has 2 aromatic heterocycles. The zero-order valence-corrected chi connectivity index (χ0v) is 14.8. The number of carbonyl (C=O) groups is 1. The van der Waals surface area contributed by atoms with Crippen LogP contribution in [0.15, 0.2) is 16.7 Å². The average molecular weight is 402 g/mol. The first-order valence-electron chi connectivity index (χ1n) is 7.82. The topological polar surface area (TPSA) is 64.7 Å². The highest BCUT2D eigenvalue weighted by atomic mass is 79.9. The van der Waals surface area contributed by atoms with Gasteiger partial charge in [-0.3, -0.25) is 14.2 Å². The van der Waals surface area contributed by atoms with Crippen LogP contribution in [-0.4, -0.2) is 25.5 Å². The van der Waals surface area contributed by atoms with Gasteiger partial charge in [-0.25, -0.2) is 8.78 Å². The standard InChI is InChI=1S/C15H18BrF2N5O/c1-2-22-13(10(16)6-20-22)7-19-14(24)8-23-12(9-3-4-9)5-11(21-23)15(17)18/h5-6,9,15H,2-4,7-8H2,1H3,(H,19,24). The normalized spacial score (nSPS) is 14.4. The first kappa shape index (κ1) is 17.1. The van der Waals surface area contributed by atoms with Crippen molar-refractivity contribution >= 4 is 21.8 Å². The van der Waals surface area contributed by atoms with Gasteiger partial charge < -0.3 is 5.32 Å². The molecule has 1 fully saturated rings. The number of halogens is 3. The number of hydrogen-bond acceptors (Lipinski definition) is 3. The van der Waals surface area contributed by atoms with Gasteiger partial charge in [0.25, 0.3) is 6.43 Å². The number of carbonyl (C=O) groups excluding carboxylic acids is 1. The number of hydrogen-bond donors (Lipinski definition) is 1. The third kappa shape index (κ3) is 3.66. The van der Waals surface area contributed by atoms with Crippen LogP contribution in [0, 0.1) is 0 Å². The fourth-order valence-electron chi connectivity index (χ4n) is 2.60. The number of amides is 1. The first-order chi connectivity index (χ1) is 11.5. The van der Waals surface area contributed by atoms with Crippen LogP contribution in [0.5, 0.6) is 0 Å². The molecule has 1 saturated carbocycles. The molecule has 24 heavy (non-hydrogen) atoms. The van der Waals surface area contributed by atoms with Crippen LogP contribution in [-0.2, 0) is 24.4 Å². The van der Waals surface area contributed by atoms with Gasteiger partial charge >= 0.3 is 0 Å². The molecule has 1 N–H and O–H groups in total. The molecular weight excluding hydrogens is 384 g/mol. The maximum atomic E-state index is 12.9. The molecule has 1 aliphatic rings. The van der Waals surface area contributed by atoms with E-state index in [4.69, 9.17) is 0 Å². The Hall–Kier alpha value is -1.77. The van der Waals surface area contributed by atoms with Gasteiger partial charge in [0.15, 0.2) is 0 Å². The summed E-state index contributed by atoms with van der Waals surface area (Å²) in [6.45, 7) is 2.91. The molecule has 1 amide bonds. The van der Waals surface area contributed by atoms with Crippen LogP contribution in [0.3, 0.4) is 0 Å². The number of aromatic nitrogens is 4. The van der Waals surface area contributed by atoms with E-state index >= 15 is 0 Å². The van der Waals surface area contributed by atoms with Crippen LogP contribution in [0.1, 0.15) is 49.2 Å². The quantitative estimate of drug-likeness (QED) is 0.775. The molecule has 0 saturated heterocycles. The van der Waals surface area contributed by atoms with Crippen molar-refractivity contribution in [3.05, 3.63) is 33.8 Å². The fraction of sp³-hybridized carbons (Fsp3) is 0.533. The molecule has 6 nitrogen and oxygen atoms in total. The largest absolute Gasteiger partial charge is 0.349 e. The predicted octanol–water partition coefficient (Wildman–Crippen LogP) is 2.99. The lowest BCUT2D eigenvalue weighted by molar-refractivity contribution is -0.122. The maximum Gasteiger partial charge on any atom is 0.282 e. The highest BCUT2D eigenvalue weighted by Crippen LogP contribution is 2.41. The molecule has 0 unspecified atom stereocenters. The Morgan fingerprint density at radius 1 is 1.46 bits per heavy atom. The first-order valence-corrected chi connectivity index (χ1v) is 8.61. The molecule has 3 rings (SSSR count). The van der Waals surface area contributed by atoms with Gasteiger partial charge in [0, 0.05) is 18.2 Å². The molecule has 0 spiro atoms. The smallest absolute Gasteiger partial charge is 0.282 e. The number of nitrogens with zero attached hydrogens (tertiary/aromatic N) is 4. The summed E-state index contributed by atoms with van der Waals surface area (Å²) in [5, 5.41) is 10.9. The Labute approximate surface area is 146 Å². The molecule has 9 heteroatoms. The lowest BCUT2D eigenvalue weighted by Gasteiger charge is -2.09. The zero-order chi connectivity index (χ0) is 17.3. The number of nitrogens with one attached hydrogen (secondary N) is 1. The summed E-state index contributed by atoms with van der Waals surface area (Å²) in [6.07, 6.45) is 0.970. The zero-order valence-electron chi connectivity index (χ0n) is 13.2. The van der Waals surface area contributed by atoms with Gasteiger partial charge in [-0.1, -0.05) is 0 Å². The van der Waals surface area contributed by atoms with Gasteiger partial charge in [0.05, 0.1) is 22.9 Å². The van der Waals surface area contributed by atoms with E-state index < -0.39 is 6.43 Å². The Kier molecular flexibility index (Phi) is 4.98. The fourth-order valence-corrected chi connectivity index (χ4v) is 3.04. The second-order valence-corrected chi connectivity index (χ2v) is 6.61. The van der Waals surface area contributed by atoms with E-state index in [0.29, 0.717) is 13.1 Å². The van der Waals surface area contributed by atoms with Crippen molar-refractivity contribution in [1.82, 2.24) is 24.9 Å². The third-order valence-electron chi connectivity index (χ3n) is 3.99. The number of rotatable bonds is 7. The van der Waals surface area contributed by atoms with Gasteiger partial charge in [-0.05, 0) is 41.8 Å². The van der Waals surface area contributed by atoms with E-state index in [1.807, 2.05) is 6.92 Å². The van der Waals surface area contributed by atoms with E-state index in [9.17, 15) is 13.6 Å². The summed E-state index contributed by atoms with van der Waals surface area (Å²) in [6, 6.07) is 1.42. The molecule has 0 bridgehead atoms. The van der Waals surface area contributed by atoms with E-state index in [1.165, 1.54) is 10.7 Å². The van der Waals surface area contributed by atoms with Gasteiger partial charge in [0.2, 0.25) is 5.91 Å². The highest BCUT2D eigenvalue weighted by Gasteiger charge is 2.30. The second kappa shape index (κ2) is 7.00. The van der Waals surface area contributed by atoms with Crippen molar-refractivity contribution in [3.8, 4) is 0 Å². The number of aryl methyl sites for hydroxylation is 1. The number of alkyl halides is 2. The van der Waals surface area contributed by atoms with Crippen molar-refractivity contribution in [2.75, 3.05) is 0 Å². The minimum absolute atomic E-state index is 0.0591. The van der Waals surface area contributed by atoms with Crippen molar-refractivity contribution in [2.24, 2.45) is 0 Å². The van der Waals surface area contributed by atoms with Gasteiger partial charge in [0.1, 0.15) is 12.2 Å². The van der Waals surface area contributed by atoms with Crippen molar-refractivity contribution < 1.29 is 13.6 Å². The maximum absolute atomic E-state index is 12.9. The summed E-state index contributed by atoms with van der Waals surface area (Å²) in [7, 11) is 0. The summed E-state index contributed by atoms with van der Waals surface area (Å²) >= 11 is 3.40. The SMILES string of the molecule is CCn1ncc(Br)c1CNC(=O)Cn1nc(C(F)F)cc1C1CC1. The van der Waals surface area contributed by atoms with Crippen LogP contribution in [0.4, 0.5) is 8.78 Å². The second-order valence-electron chi connectivity index (χ2n) is 5.76. The molecule has 2 aromatic rings. The van der Waals surface area contributed by atoms with Crippen LogP contribution in [0.2, 0.25) is 0 Å². The molecule has 1 aliphatic carbocycles. The van der Waals surface area contributed by atoms with E-state index in [1.54, 1.807) is 10.9 Å². The lowest BCUT2D eigenvalue weighted by atomic mass is 10.2. The van der Waals surface area contributed by atoms with Crippen molar-refractivity contribution in [3.63, 3.8) is 0 Å². The molecule has 130 valence electrons. The van der Waals surface area contributed by atoms with Crippen molar-refractivity contribution in [2.45, 2.75) is 51.7 Å². The Bertz CT molecular complexity index is 738. The van der Waals surface area contributed by atoms with Gasteiger partial charge in [-0.2, -0.15) is 10.2 Å². The summed E-state index contributed by atoms with van der Waals surface area (Å²) < 4.78 is 29.7. The van der Waals surface area contributed by atoms with Crippen LogP contribution >= 0.6 is 15.9 Å².